The maximum atomic E-state index is 11.2. The fraction of sp³-hybridized carbons (Fsp3) is 1.00. The summed E-state index contributed by atoms with van der Waals surface area (Å²) in [7, 11) is -0.808. The van der Waals surface area contributed by atoms with Gasteiger partial charge in [-0.15, -0.1) is 0 Å². The van der Waals surface area contributed by atoms with E-state index in [2.05, 4.69) is 4.52 Å². The Morgan fingerprint density at radius 1 is 1.71 bits per heavy atom. The van der Waals surface area contributed by atoms with Crippen LogP contribution in [0.4, 0.5) is 0 Å². The number of hydrogen-bond acceptors (Lipinski definition) is 4. The molecule has 4 atom stereocenters. The Balaban J connectivity index is 2.55. The van der Waals surface area contributed by atoms with Crippen LogP contribution in [0.1, 0.15) is 19.8 Å². The van der Waals surface area contributed by atoms with E-state index in [1.54, 1.807) is 0 Å². The van der Waals surface area contributed by atoms with Crippen molar-refractivity contribution in [2.24, 2.45) is 0 Å². The van der Waals surface area contributed by atoms with Crippen LogP contribution in [0.25, 0.3) is 0 Å². The monoisotopic (exact) mass is 222 g/mol. The third kappa shape index (κ3) is 3.07. The Labute approximate surface area is 84.8 Å². The normalized spacial score (nSPS) is 36.9. The lowest BCUT2D eigenvalue weighted by Crippen LogP contribution is -2.22. The summed E-state index contributed by atoms with van der Waals surface area (Å²) in [5, 5.41) is 0. The fourth-order valence-electron chi connectivity index (χ4n) is 1.60. The Morgan fingerprint density at radius 2 is 2.36 bits per heavy atom. The number of phosphoric acid groups is 1. The quantitative estimate of drug-likeness (QED) is 0.546. The first-order valence-corrected chi connectivity index (χ1v) is 6.20. The van der Waals surface area contributed by atoms with Gasteiger partial charge in [0.2, 0.25) is 0 Å². The van der Waals surface area contributed by atoms with Crippen molar-refractivity contribution in [3.05, 3.63) is 0 Å². The summed E-state index contributed by atoms with van der Waals surface area (Å²) >= 11 is 0. The molecule has 5 nitrogen and oxygen atoms in total. The van der Waals surface area contributed by atoms with Gasteiger partial charge in [0, 0.05) is 13.1 Å². The average molecular weight is 222 g/mol. The smallest absolute Gasteiger partial charge is 0.381 e. The number of hydrogen-bond donors (Lipinski definition) is 1. The highest BCUT2D eigenvalue weighted by atomic mass is 31.2. The largest absolute Gasteiger partial charge is 0.472 e. The van der Waals surface area contributed by atoms with Gasteiger partial charge in [-0.3, -0.25) is 9.05 Å². The van der Waals surface area contributed by atoms with Crippen LogP contribution in [0.3, 0.4) is 0 Å². The Bertz CT molecular complexity index is 236. The van der Waals surface area contributed by atoms with Gasteiger partial charge in [-0.05, 0) is 12.8 Å². The molecule has 0 aromatic heterocycles. The van der Waals surface area contributed by atoms with Crippen LogP contribution in [0, 0.1) is 0 Å². The van der Waals surface area contributed by atoms with Crippen LogP contribution >= 0.6 is 7.82 Å². The van der Waals surface area contributed by atoms with Crippen molar-refractivity contribution in [3.63, 3.8) is 0 Å². The van der Waals surface area contributed by atoms with Crippen LogP contribution in [0.15, 0.2) is 0 Å². The summed E-state index contributed by atoms with van der Waals surface area (Å²) < 4.78 is 26.0. The molecule has 1 N–H and O–H groups in total. The van der Waals surface area contributed by atoms with E-state index in [1.165, 1.54) is 0 Å². The second kappa shape index (κ2) is 4.77. The van der Waals surface area contributed by atoms with Gasteiger partial charge in [-0.25, -0.2) is 4.57 Å². The number of phosphoric ester groups is 1. The van der Waals surface area contributed by atoms with Crippen molar-refractivity contribution in [2.75, 3.05) is 7.11 Å². The van der Waals surface area contributed by atoms with Crippen molar-refractivity contribution >= 4 is 15.7 Å². The van der Waals surface area contributed by atoms with Crippen LogP contribution < -0.4 is 0 Å². The lowest BCUT2D eigenvalue weighted by atomic mass is 9.96. The first kappa shape index (κ1) is 12.2. The van der Waals surface area contributed by atoms with Gasteiger partial charge in [-0.1, -0.05) is 6.92 Å². The minimum Gasteiger partial charge on any atom is -0.381 e. The SMILES string of the molecule is B[C@H]1C[C@@H](OP(=O)(O)OC)[C@@H](CC)O1. The van der Waals surface area contributed by atoms with E-state index in [4.69, 9.17) is 14.2 Å². The molecule has 1 saturated heterocycles. The standard InChI is InChI=1S/C7H16BO5P/c1-3-5-6(4-7(8)12-5)13-14(9,10)11-2/h5-7H,3-4,8H2,1-2H3,(H,9,10)/t5-,6-,7-/m1/s1. The first-order valence-electron chi connectivity index (χ1n) is 4.71. The zero-order valence-electron chi connectivity index (χ0n) is 8.67. The van der Waals surface area contributed by atoms with Crippen LogP contribution in [0.2, 0.25) is 0 Å². The summed E-state index contributed by atoms with van der Waals surface area (Å²) in [6.07, 6.45) is 0.942. The van der Waals surface area contributed by atoms with E-state index in [1.807, 2.05) is 14.8 Å². The number of ether oxygens (including phenoxy) is 1. The predicted octanol–water partition coefficient (Wildman–Crippen LogP) is 0.276. The summed E-state index contributed by atoms with van der Waals surface area (Å²) in [6.45, 7) is 1.95. The second-order valence-electron chi connectivity index (χ2n) is 3.42. The van der Waals surface area contributed by atoms with E-state index >= 15 is 0 Å². The van der Waals surface area contributed by atoms with E-state index in [0.717, 1.165) is 13.5 Å². The Hall–Kier alpha value is 0.135. The molecule has 0 aromatic carbocycles. The summed E-state index contributed by atoms with van der Waals surface area (Å²) in [4.78, 5) is 9.14. The van der Waals surface area contributed by atoms with Crippen molar-refractivity contribution in [3.8, 4) is 0 Å². The van der Waals surface area contributed by atoms with Crippen LogP contribution in [-0.4, -0.2) is 38.1 Å². The zero-order chi connectivity index (χ0) is 10.8. The van der Waals surface area contributed by atoms with Crippen LogP contribution in [-0.2, 0) is 18.3 Å². The summed E-state index contributed by atoms with van der Waals surface area (Å²) in [5.41, 5.74) is 0. The summed E-state index contributed by atoms with van der Waals surface area (Å²) in [5.74, 6) is 0. The molecule has 1 rings (SSSR count). The third-order valence-electron chi connectivity index (χ3n) is 2.29. The molecular weight excluding hydrogens is 206 g/mol. The highest BCUT2D eigenvalue weighted by Crippen LogP contribution is 2.46. The Morgan fingerprint density at radius 3 is 2.86 bits per heavy atom. The number of rotatable bonds is 4. The Kier molecular flexibility index (Phi) is 4.16. The maximum Gasteiger partial charge on any atom is 0.472 e. The van der Waals surface area contributed by atoms with Crippen LogP contribution in [0.5, 0.6) is 0 Å². The molecule has 0 radical (unpaired) electrons. The first-order chi connectivity index (χ1) is 6.48. The van der Waals surface area contributed by atoms with E-state index in [0.29, 0.717) is 6.42 Å². The second-order valence-corrected chi connectivity index (χ2v) is 4.94. The topological polar surface area (TPSA) is 65.0 Å². The van der Waals surface area contributed by atoms with E-state index in [9.17, 15) is 4.57 Å². The van der Waals surface area contributed by atoms with Gasteiger partial charge >= 0.3 is 7.82 Å². The highest BCUT2D eigenvalue weighted by molar-refractivity contribution is 7.47. The van der Waals surface area contributed by atoms with Gasteiger partial charge < -0.3 is 9.63 Å². The molecule has 7 heteroatoms. The molecule has 1 fully saturated rings. The van der Waals surface area contributed by atoms with Crippen molar-refractivity contribution < 1.29 is 23.2 Å². The zero-order valence-corrected chi connectivity index (χ0v) is 9.57. The molecule has 1 aliphatic rings. The molecule has 0 aromatic rings. The molecule has 0 bridgehead atoms. The minimum absolute atomic E-state index is 0.0711. The molecular formula is C7H16BO5P. The van der Waals surface area contributed by atoms with E-state index in [-0.39, 0.29) is 18.2 Å². The molecule has 1 unspecified atom stereocenters. The molecule has 0 spiro atoms. The molecule has 1 heterocycles. The van der Waals surface area contributed by atoms with Gasteiger partial charge in [0.25, 0.3) is 0 Å². The lowest BCUT2D eigenvalue weighted by Gasteiger charge is -2.19. The fourth-order valence-corrected chi connectivity index (χ4v) is 2.25. The van der Waals surface area contributed by atoms with Crippen molar-refractivity contribution in [1.29, 1.82) is 0 Å². The third-order valence-corrected chi connectivity index (χ3v) is 3.29. The van der Waals surface area contributed by atoms with E-state index < -0.39 is 7.82 Å². The average Bonchev–Trinajstić information content (AvgIpc) is 2.45. The maximum absolute atomic E-state index is 11.2. The highest BCUT2D eigenvalue weighted by Gasteiger charge is 2.37. The lowest BCUT2D eigenvalue weighted by molar-refractivity contribution is 0.0254. The predicted molar refractivity (Wildman–Crippen MR) is 53.8 cm³/mol. The minimum atomic E-state index is -3.88. The van der Waals surface area contributed by atoms with Gasteiger partial charge in [0.05, 0.1) is 12.2 Å². The molecule has 0 amide bonds. The molecule has 0 aliphatic carbocycles. The van der Waals surface area contributed by atoms with Crippen molar-refractivity contribution in [1.82, 2.24) is 0 Å². The van der Waals surface area contributed by atoms with Gasteiger partial charge in [0.1, 0.15) is 7.85 Å². The molecule has 1 aliphatic heterocycles. The van der Waals surface area contributed by atoms with Gasteiger partial charge in [-0.2, -0.15) is 0 Å². The van der Waals surface area contributed by atoms with Crippen molar-refractivity contribution in [2.45, 2.75) is 38.0 Å². The van der Waals surface area contributed by atoms with Gasteiger partial charge in [0.15, 0.2) is 0 Å². The summed E-state index contributed by atoms with van der Waals surface area (Å²) in [6, 6.07) is 0.0711. The molecule has 82 valence electrons. The molecule has 14 heavy (non-hydrogen) atoms. The molecule has 0 saturated carbocycles.